The van der Waals surface area contributed by atoms with Crippen molar-refractivity contribution < 1.29 is 14.3 Å². The lowest BCUT2D eigenvalue weighted by Crippen LogP contribution is -2.01. The quantitative estimate of drug-likeness (QED) is 0.849. The fourth-order valence-corrected chi connectivity index (χ4v) is 1.53. The monoisotopic (exact) mass is 231 g/mol. The Balaban J connectivity index is 2.04. The van der Waals surface area contributed by atoms with E-state index >= 15 is 0 Å². The molecule has 0 atom stereocenters. The van der Waals surface area contributed by atoms with Crippen molar-refractivity contribution in [3.63, 3.8) is 0 Å². The molecule has 2 rings (SSSR count). The van der Waals surface area contributed by atoms with Crippen LogP contribution in [0, 0.1) is 6.92 Å². The maximum absolute atomic E-state index is 10.8. The summed E-state index contributed by atoms with van der Waals surface area (Å²) in [7, 11) is 0. The number of benzene rings is 1. The summed E-state index contributed by atoms with van der Waals surface area (Å²) in [5.41, 5.74) is 1.19. The van der Waals surface area contributed by atoms with Crippen molar-refractivity contribution >= 4 is 11.9 Å². The van der Waals surface area contributed by atoms with Crippen LogP contribution in [0.25, 0.3) is 0 Å². The molecule has 1 aromatic heterocycles. The summed E-state index contributed by atoms with van der Waals surface area (Å²) in [6.45, 7) is 2.41. The van der Waals surface area contributed by atoms with Crippen LogP contribution in [0.4, 0.5) is 5.88 Å². The molecule has 17 heavy (non-hydrogen) atoms. The Bertz CT molecular complexity index is 531. The van der Waals surface area contributed by atoms with Crippen molar-refractivity contribution in [2.45, 2.75) is 13.5 Å². The molecule has 4 nitrogen and oxygen atoms in total. The van der Waals surface area contributed by atoms with Crippen LogP contribution in [0.2, 0.25) is 0 Å². The molecule has 0 fully saturated rings. The standard InChI is InChI=1S/C13H13NO3/c1-9-5-6-12(17-9)14-8-10-3-2-4-11(7-10)13(15)16/h2-7,14H,8H2,1H3,(H,15,16). The predicted molar refractivity (Wildman–Crippen MR) is 64.2 cm³/mol. The highest BCUT2D eigenvalue weighted by Crippen LogP contribution is 2.14. The Kier molecular flexibility index (Phi) is 3.14. The first-order valence-electron chi connectivity index (χ1n) is 5.28. The van der Waals surface area contributed by atoms with Crippen LogP contribution in [-0.2, 0) is 6.54 Å². The summed E-state index contributed by atoms with van der Waals surface area (Å²) in [5.74, 6) is 0.607. The molecule has 0 aliphatic heterocycles. The summed E-state index contributed by atoms with van der Waals surface area (Å²) < 4.78 is 5.36. The van der Waals surface area contributed by atoms with E-state index in [1.54, 1.807) is 18.2 Å². The van der Waals surface area contributed by atoms with Crippen molar-refractivity contribution in [2.75, 3.05) is 5.32 Å². The minimum Gasteiger partial charge on any atom is -0.478 e. The second kappa shape index (κ2) is 4.74. The molecule has 0 radical (unpaired) electrons. The number of anilines is 1. The maximum Gasteiger partial charge on any atom is 0.335 e. The van der Waals surface area contributed by atoms with Gasteiger partial charge in [-0.1, -0.05) is 12.1 Å². The van der Waals surface area contributed by atoms with Crippen LogP contribution in [0.15, 0.2) is 40.8 Å². The Hall–Kier alpha value is -2.23. The molecule has 2 aromatic rings. The molecule has 0 saturated carbocycles. The van der Waals surface area contributed by atoms with Crippen molar-refractivity contribution in [3.05, 3.63) is 53.3 Å². The smallest absolute Gasteiger partial charge is 0.335 e. The van der Waals surface area contributed by atoms with Gasteiger partial charge in [-0.2, -0.15) is 0 Å². The number of hydrogen-bond donors (Lipinski definition) is 2. The molecule has 0 saturated heterocycles. The van der Waals surface area contributed by atoms with E-state index in [0.717, 1.165) is 11.3 Å². The van der Waals surface area contributed by atoms with E-state index in [0.29, 0.717) is 18.0 Å². The largest absolute Gasteiger partial charge is 0.478 e. The average Bonchev–Trinajstić information content (AvgIpc) is 2.73. The number of hydrogen-bond acceptors (Lipinski definition) is 3. The topological polar surface area (TPSA) is 62.5 Å². The summed E-state index contributed by atoms with van der Waals surface area (Å²) in [4.78, 5) is 10.8. The van der Waals surface area contributed by atoms with Gasteiger partial charge in [0.1, 0.15) is 5.76 Å². The summed E-state index contributed by atoms with van der Waals surface area (Å²) in [5, 5.41) is 11.9. The highest BCUT2D eigenvalue weighted by atomic mass is 16.4. The normalized spacial score (nSPS) is 10.2. The number of nitrogens with one attached hydrogen (secondary N) is 1. The maximum atomic E-state index is 10.8. The lowest BCUT2D eigenvalue weighted by molar-refractivity contribution is 0.0697. The molecule has 4 heteroatoms. The van der Waals surface area contributed by atoms with E-state index in [1.807, 2.05) is 25.1 Å². The number of aryl methyl sites for hydroxylation is 1. The number of furan rings is 1. The van der Waals surface area contributed by atoms with Gasteiger partial charge < -0.3 is 14.8 Å². The summed E-state index contributed by atoms with van der Waals surface area (Å²) in [6, 6.07) is 10.5. The van der Waals surface area contributed by atoms with Gasteiger partial charge in [-0.15, -0.1) is 0 Å². The Morgan fingerprint density at radius 2 is 2.18 bits per heavy atom. The van der Waals surface area contributed by atoms with Crippen molar-refractivity contribution in [3.8, 4) is 0 Å². The van der Waals surface area contributed by atoms with Gasteiger partial charge in [-0.25, -0.2) is 4.79 Å². The first kappa shape index (κ1) is 11.3. The number of carboxylic acid groups (broad SMARTS) is 1. The van der Waals surface area contributed by atoms with Crippen molar-refractivity contribution in [1.29, 1.82) is 0 Å². The summed E-state index contributed by atoms with van der Waals surface area (Å²) >= 11 is 0. The predicted octanol–water partition coefficient (Wildman–Crippen LogP) is 2.90. The molecule has 2 N–H and O–H groups in total. The third kappa shape index (κ3) is 2.87. The van der Waals surface area contributed by atoms with E-state index in [1.165, 1.54) is 0 Å². The third-order valence-corrected chi connectivity index (χ3v) is 2.38. The second-order valence-corrected chi connectivity index (χ2v) is 3.77. The first-order chi connectivity index (χ1) is 8.15. The summed E-state index contributed by atoms with van der Waals surface area (Å²) in [6.07, 6.45) is 0. The molecule has 0 aliphatic rings. The molecule has 0 bridgehead atoms. The van der Waals surface area contributed by atoms with Gasteiger partial charge in [0.2, 0.25) is 0 Å². The van der Waals surface area contributed by atoms with Gasteiger partial charge in [-0.3, -0.25) is 0 Å². The average molecular weight is 231 g/mol. The van der Waals surface area contributed by atoms with Crippen LogP contribution in [0.1, 0.15) is 21.7 Å². The lowest BCUT2D eigenvalue weighted by Gasteiger charge is -2.04. The first-order valence-corrected chi connectivity index (χ1v) is 5.28. The van der Waals surface area contributed by atoms with Crippen LogP contribution in [-0.4, -0.2) is 11.1 Å². The minimum absolute atomic E-state index is 0.292. The van der Waals surface area contributed by atoms with E-state index in [4.69, 9.17) is 9.52 Å². The number of aromatic carboxylic acids is 1. The van der Waals surface area contributed by atoms with E-state index in [9.17, 15) is 4.79 Å². The van der Waals surface area contributed by atoms with Gasteiger partial charge in [0.05, 0.1) is 5.56 Å². The van der Waals surface area contributed by atoms with E-state index in [-0.39, 0.29) is 0 Å². The highest BCUT2D eigenvalue weighted by Gasteiger charge is 2.03. The van der Waals surface area contributed by atoms with E-state index < -0.39 is 5.97 Å². The molecule has 0 spiro atoms. The lowest BCUT2D eigenvalue weighted by atomic mass is 10.1. The zero-order valence-corrected chi connectivity index (χ0v) is 9.43. The molecule has 0 aliphatic carbocycles. The molecule has 0 unspecified atom stereocenters. The number of rotatable bonds is 4. The molecular formula is C13H13NO3. The fourth-order valence-electron chi connectivity index (χ4n) is 1.53. The second-order valence-electron chi connectivity index (χ2n) is 3.77. The molecular weight excluding hydrogens is 218 g/mol. The highest BCUT2D eigenvalue weighted by molar-refractivity contribution is 5.87. The van der Waals surface area contributed by atoms with Crippen molar-refractivity contribution in [1.82, 2.24) is 0 Å². The van der Waals surface area contributed by atoms with Crippen LogP contribution < -0.4 is 5.32 Å². The minimum atomic E-state index is -0.916. The Morgan fingerprint density at radius 3 is 2.82 bits per heavy atom. The Morgan fingerprint density at radius 1 is 1.35 bits per heavy atom. The van der Waals surface area contributed by atoms with Gasteiger partial charge in [0.25, 0.3) is 0 Å². The molecule has 0 amide bonds. The van der Waals surface area contributed by atoms with Crippen LogP contribution in [0.3, 0.4) is 0 Å². The van der Waals surface area contributed by atoms with Crippen LogP contribution >= 0.6 is 0 Å². The zero-order valence-electron chi connectivity index (χ0n) is 9.43. The van der Waals surface area contributed by atoms with Crippen molar-refractivity contribution in [2.24, 2.45) is 0 Å². The third-order valence-electron chi connectivity index (χ3n) is 2.38. The molecule has 1 aromatic carbocycles. The fraction of sp³-hybridized carbons (Fsp3) is 0.154. The van der Waals surface area contributed by atoms with Gasteiger partial charge in [0.15, 0.2) is 5.88 Å². The van der Waals surface area contributed by atoms with Gasteiger partial charge in [-0.05, 0) is 30.7 Å². The number of carboxylic acids is 1. The SMILES string of the molecule is Cc1ccc(NCc2cccc(C(=O)O)c2)o1. The van der Waals surface area contributed by atoms with Gasteiger partial charge >= 0.3 is 5.97 Å². The van der Waals surface area contributed by atoms with Gasteiger partial charge in [0, 0.05) is 12.6 Å². The molecule has 88 valence electrons. The molecule has 1 heterocycles. The Labute approximate surface area is 98.9 Å². The zero-order chi connectivity index (χ0) is 12.3. The van der Waals surface area contributed by atoms with E-state index in [2.05, 4.69) is 5.32 Å². The number of carbonyl (C=O) groups is 1. The van der Waals surface area contributed by atoms with Crippen LogP contribution in [0.5, 0.6) is 0 Å².